The number of aliphatic hydroxyl groups excluding tert-OH is 1. The second-order valence-corrected chi connectivity index (χ2v) is 14.0. The molecule has 4 aliphatic rings. The number of aryl methyl sites for hydroxylation is 1. The molecule has 1 aromatic heterocycles. The molecule has 3 fully saturated rings. The molecule has 0 saturated carbocycles. The van der Waals surface area contributed by atoms with Crippen LogP contribution < -0.4 is 11.1 Å². The van der Waals surface area contributed by atoms with E-state index in [-0.39, 0.29) is 30.5 Å². The van der Waals surface area contributed by atoms with E-state index in [4.69, 9.17) is 9.15 Å². The van der Waals surface area contributed by atoms with Crippen LogP contribution in [0.4, 0.5) is 9.59 Å². The maximum absolute atomic E-state index is 14.1. The van der Waals surface area contributed by atoms with Gasteiger partial charge in [-0.05, 0) is 81.6 Å². The predicted octanol–water partition coefficient (Wildman–Crippen LogP) is 3.82. The minimum Gasteiger partial charge on any atom is -0.436 e. The van der Waals surface area contributed by atoms with Crippen molar-refractivity contribution in [2.45, 2.75) is 89.5 Å². The molecule has 0 radical (unpaired) electrons. The number of allylic oxidation sites excluding steroid dienone is 4. The first-order valence-electron chi connectivity index (χ1n) is 17.9. The lowest BCUT2D eigenvalue weighted by Crippen LogP contribution is -2.53. The fourth-order valence-electron chi connectivity index (χ4n) is 7.85. The standard InChI is InChI=1S/C37H50N6O7/c1-4-5-6-27-7-20-43(35(46)38-25(27)3)29-10-16-42(17-11-29)37(48)50-32(23-26-21-24(2)33-31(22-26)49-36(47)39-33)34(45)41-14-8-28(9-15-41)40-18-12-30(44)13-19-40/h4-6,21-22,28-30,32,44H,1,7-20,23H2,2-3H3,(H,38,46)(H,39,47)/b6-5-. The maximum atomic E-state index is 14.1. The van der Waals surface area contributed by atoms with Crippen LogP contribution in [0, 0.1) is 6.92 Å². The largest absolute Gasteiger partial charge is 0.436 e. The van der Waals surface area contributed by atoms with Gasteiger partial charge in [-0.3, -0.25) is 9.78 Å². The van der Waals surface area contributed by atoms with E-state index in [1.807, 2.05) is 37.0 Å². The van der Waals surface area contributed by atoms with Crippen molar-refractivity contribution in [3.63, 3.8) is 0 Å². The van der Waals surface area contributed by atoms with Gasteiger partial charge in [-0.25, -0.2) is 14.4 Å². The molecule has 0 aliphatic carbocycles. The lowest BCUT2D eigenvalue weighted by Gasteiger charge is -2.41. The highest BCUT2D eigenvalue weighted by Gasteiger charge is 2.36. The van der Waals surface area contributed by atoms with Crippen LogP contribution in [0.25, 0.3) is 11.1 Å². The minimum atomic E-state index is -1.06. The van der Waals surface area contributed by atoms with E-state index in [0.29, 0.717) is 62.7 Å². The Morgan fingerprint density at radius 2 is 1.66 bits per heavy atom. The number of nitrogens with zero attached hydrogens (tertiary/aromatic N) is 4. The minimum absolute atomic E-state index is 0.0258. The van der Waals surface area contributed by atoms with Crippen LogP contribution in [0.3, 0.4) is 0 Å². The third-order valence-electron chi connectivity index (χ3n) is 10.8. The monoisotopic (exact) mass is 690 g/mol. The van der Waals surface area contributed by atoms with E-state index in [0.717, 1.165) is 67.6 Å². The predicted molar refractivity (Wildman–Crippen MR) is 188 cm³/mol. The van der Waals surface area contributed by atoms with Gasteiger partial charge in [0.25, 0.3) is 5.91 Å². The summed E-state index contributed by atoms with van der Waals surface area (Å²) in [5.41, 5.74) is 4.40. The average molecular weight is 691 g/mol. The maximum Gasteiger partial charge on any atom is 0.417 e. The highest BCUT2D eigenvalue weighted by atomic mass is 16.6. The van der Waals surface area contributed by atoms with Gasteiger partial charge in [-0.2, -0.15) is 0 Å². The van der Waals surface area contributed by atoms with Gasteiger partial charge in [0.1, 0.15) is 0 Å². The molecule has 1 aromatic carbocycles. The fourth-order valence-corrected chi connectivity index (χ4v) is 7.85. The SMILES string of the molecule is C=C/C=C\C1=C(C)NC(=O)N(C2CCN(C(=O)OC(Cc3cc(C)c4[nH]c(=O)oc4c3)C(=O)N3CCC(N4CCC(O)CC4)CC3)CC2)CC1. The zero-order valence-electron chi connectivity index (χ0n) is 29.2. The Hall–Kier alpha value is -4.36. The van der Waals surface area contributed by atoms with Crippen molar-refractivity contribution in [3.8, 4) is 0 Å². The number of nitrogens with one attached hydrogen (secondary N) is 2. The molecule has 0 bridgehead atoms. The first kappa shape index (κ1) is 35.5. The summed E-state index contributed by atoms with van der Waals surface area (Å²) in [4.78, 5) is 63.1. The lowest BCUT2D eigenvalue weighted by atomic mass is 9.98. The number of aromatic amines is 1. The third kappa shape index (κ3) is 8.15. The number of carbonyl (C=O) groups is 3. The van der Waals surface area contributed by atoms with Crippen molar-refractivity contribution in [1.82, 2.24) is 29.9 Å². The number of oxazole rings is 1. The summed E-state index contributed by atoms with van der Waals surface area (Å²) < 4.78 is 11.4. The Bertz CT molecular complexity index is 1690. The third-order valence-corrected chi connectivity index (χ3v) is 10.8. The topological polar surface area (TPSA) is 152 Å². The normalized spacial score (nSPS) is 21.5. The van der Waals surface area contributed by atoms with Crippen LogP contribution in [-0.4, -0.2) is 118 Å². The van der Waals surface area contributed by atoms with Gasteiger partial charge in [-0.1, -0.05) is 30.9 Å². The molecule has 1 unspecified atom stereocenters. The van der Waals surface area contributed by atoms with Gasteiger partial charge in [0.15, 0.2) is 11.7 Å². The first-order chi connectivity index (χ1) is 24.1. The number of aromatic nitrogens is 1. The van der Waals surface area contributed by atoms with Crippen molar-refractivity contribution < 1.29 is 28.6 Å². The Morgan fingerprint density at radius 3 is 2.36 bits per heavy atom. The Morgan fingerprint density at radius 1 is 0.980 bits per heavy atom. The van der Waals surface area contributed by atoms with E-state index in [1.165, 1.54) is 0 Å². The summed E-state index contributed by atoms with van der Waals surface area (Å²) in [5, 5.41) is 12.9. The molecule has 1 atom stereocenters. The molecule has 4 aliphatic heterocycles. The molecule has 13 nitrogen and oxygen atoms in total. The molecule has 50 heavy (non-hydrogen) atoms. The number of hydrogen-bond donors (Lipinski definition) is 3. The summed E-state index contributed by atoms with van der Waals surface area (Å²) >= 11 is 0. The second kappa shape index (κ2) is 15.7. The number of H-pyrrole nitrogens is 1. The van der Waals surface area contributed by atoms with E-state index >= 15 is 0 Å². The zero-order valence-corrected chi connectivity index (χ0v) is 29.2. The molecule has 6 rings (SSSR count). The number of rotatable bonds is 8. The summed E-state index contributed by atoms with van der Waals surface area (Å²) in [6, 6.07) is 3.80. The van der Waals surface area contributed by atoms with Crippen molar-refractivity contribution in [3.05, 3.63) is 69.9 Å². The molecule has 13 heteroatoms. The number of amides is 4. The van der Waals surface area contributed by atoms with Gasteiger partial charge < -0.3 is 39.2 Å². The molecule has 2 aromatic rings. The fraction of sp³-hybridized carbons (Fsp3) is 0.568. The zero-order chi connectivity index (χ0) is 35.4. The van der Waals surface area contributed by atoms with Gasteiger partial charge in [-0.15, -0.1) is 0 Å². The van der Waals surface area contributed by atoms with Crippen molar-refractivity contribution in [1.29, 1.82) is 0 Å². The van der Waals surface area contributed by atoms with Gasteiger partial charge in [0.05, 0.1) is 11.6 Å². The number of urea groups is 1. The van der Waals surface area contributed by atoms with E-state index in [9.17, 15) is 24.3 Å². The number of piperidine rings is 3. The highest BCUT2D eigenvalue weighted by Crippen LogP contribution is 2.26. The molecule has 3 saturated heterocycles. The van der Waals surface area contributed by atoms with Crippen LogP contribution in [0.5, 0.6) is 0 Å². The Balaban J connectivity index is 1.10. The molecule has 5 heterocycles. The lowest BCUT2D eigenvalue weighted by molar-refractivity contribution is -0.142. The van der Waals surface area contributed by atoms with Crippen LogP contribution in [0.2, 0.25) is 0 Å². The molecular weight excluding hydrogens is 640 g/mol. The van der Waals surface area contributed by atoms with E-state index < -0.39 is 18.0 Å². The number of hydrogen-bond acceptors (Lipinski definition) is 8. The number of aliphatic hydroxyl groups is 1. The Labute approximate surface area is 292 Å². The van der Waals surface area contributed by atoms with E-state index in [1.54, 1.807) is 21.9 Å². The van der Waals surface area contributed by atoms with Crippen LogP contribution in [-0.2, 0) is 16.0 Å². The summed E-state index contributed by atoms with van der Waals surface area (Å²) in [7, 11) is 0. The van der Waals surface area contributed by atoms with Gasteiger partial charge in [0, 0.05) is 70.0 Å². The Kier molecular flexibility index (Phi) is 11.1. The number of carbonyl (C=O) groups excluding carboxylic acids is 3. The van der Waals surface area contributed by atoms with Crippen molar-refractivity contribution in [2.24, 2.45) is 0 Å². The molecular formula is C37H50N6O7. The number of fused-ring (bicyclic) bond motifs is 1. The number of ether oxygens (including phenoxy) is 1. The van der Waals surface area contributed by atoms with Crippen LogP contribution in [0.15, 0.2) is 57.4 Å². The smallest absolute Gasteiger partial charge is 0.417 e. The van der Waals surface area contributed by atoms with Crippen LogP contribution >= 0.6 is 0 Å². The second-order valence-electron chi connectivity index (χ2n) is 14.0. The van der Waals surface area contributed by atoms with Crippen LogP contribution in [0.1, 0.15) is 63.0 Å². The molecule has 4 amide bonds. The molecule has 270 valence electrons. The molecule has 0 spiro atoms. The number of benzene rings is 1. The summed E-state index contributed by atoms with van der Waals surface area (Å²) in [5.74, 6) is -0.790. The first-order valence-corrected chi connectivity index (χ1v) is 17.9. The van der Waals surface area contributed by atoms with Crippen molar-refractivity contribution in [2.75, 3.05) is 45.8 Å². The summed E-state index contributed by atoms with van der Waals surface area (Å²) in [6.07, 6.45) is 8.95. The quantitative estimate of drug-likeness (QED) is 0.354. The van der Waals surface area contributed by atoms with E-state index in [2.05, 4.69) is 21.8 Å². The van der Waals surface area contributed by atoms with Crippen molar-refractivity contribution >= 4 is 29.1 Å². The van der Waals surface area contributed by atoms with Gasteiger partial charge >= 0.3 is 17.9 Å². The molecule has 3 N–H and O–H groups in total. The van der Waals surface area contributed by atoms with Gasteiger partial charge in [0.2, 0.25) is 0 Å². The average Bonchev–Trinajstić information content (AvgIpc) is 3.43. The highest BCUT2D eigenvalue weighted by molar-refractivity contribution is 5.84. The number of likely N-dealkylation sites (tertiary alicyclic amines) is 3. The summed E-state index contributed by atoms with van der Waals surface area (Å²) in [6.45, 7) is 11.7.